The number of aryl methyl sites for hydroxylation is 1. The first kappa shape index (κ1) is 18.6. The minimum absolute atomic E-state index is 0.0322. The SMILES string of the molecule is Cc1cccc(C2C(C#N)=C(N)N(NC(=O)c3ccco3)C3=C2C(=O)CCC3)c1. The van der Waals surface area contributed by atoms with E-state index in [9.17, 15) is 14.9 Å². The van der Waals surface area contributed by atoms with E-state index < -0.39 is 11.8 Å². The van der Waals surface area contributed by atoms with E-state index in [4.69, 9.17) is 10.2 Å². The number of furan rings is 1. The van der Waals surface area contributed by atoms with Crippen molar-refractivity contribution >= 4 is 11.7 Å². The minimum Gasteiger partial charge on any atom is -0.459 e. The number of nitriles is 1. The fraction of sp³-hybridized carbons (Fsp3) is 0.227. The highest BCUT2D eigenvalue weighted by atomic mass is 16.3. The largest absolute Gasteiger partial charge is 0.459 e. The zero-order chi connectivity index (χ0) is 20.5. The van der Waals surface area contributed by atoms with Gasteiger partial charge in [-0.05, 0) is 37.5 Å². The highest BCUT2D eigenvalue weighted by molar-refractivity contribution is 6.00. The maximum absolute atomic E-state index is 12.9. The Kier molecular flexibility index (Phi) is 4.69. The van der Waals surface area contributed by atoms with Crippen molar-refractivity contribution in [3.8, 4) is 6.07 Å². The molecule has 3 N–H and O–H groups in total. The number of carbonyl (C=O) groups is 2. The lowest BCUT2D eigenvalue weighted by atomic mass is 9.76. The van der Waals surface area contributed by atoms with E-state index in [1.807, 2.05) is 31.2 Å². The molecule has 1 aromatic heterocycles. The minimum atomic E-state index is -0.542. The predicted octanol–water partition coefficient (Wildman–Crippen LogP) is 3.03. The number of amides is 1. The summed E-state index contributed by atoms with van der Waals surface area (Å²) in [6, 6.07) is 13.0. The lowest BCUT2D eigenvalue weighted by Crippen LogP contribution is -2.48. The van der Waals surface area contributed by atoms with Crippen LogP contribution in [-0.2, 0) is 4.79 Å². The molecule has 2 aliphatic rings. The number of allylic oxidation sites excluding steroid dienone is 3. The average molecular weight is 388 g/mol. The fourth-order valence-corrected chi connectivity index (χ4v) is 3.96. The number of hydrazine groups is 1. The molecule has 146 valence electrons. The van der Waals surface area contributed by atoms with Gasteiger partial charge in [-0.25, -0.2) is 5.01 Å². The second-order valence-electron chi connectivity index (χ2n) is 7.15. The molecule has 1 aromatic carbocycles. The van der Waals surface area contributed by atoms with Crippen molar-refractivity contribution in [3.05, 3.63) is 82.2 Å². The molecule has 0 spiro atoms. The number of hydrogen-bond acceptors (Lipinski definition) is 6. The molecule has 4 rings (SSSR count). The molecule has 1 atom stereocenters. The van der Waals surface area contributed by atoms with Gasteiger partial charge < -0.3 is 10.2 Å². The molecule has 7 heteroatoms. The Hall–Kier alpha value is -3.79. The Bertz CT molecular complexity index is 1090. The highest BCUT2D eigenvalue weighted by Gasteiger charge is 2.40. The molecule has 0 fully saturated rings. The van der Waals surface area contributed by atoms with Crippen LogP contribution in [0.1, 0.15) is 46.9 Å². The molecular formula is C22H20N4O3. The van der Waals surface area contributed by atoms with Gasteiger partial charge in [0.1, 0.15) is 5.82 Å². The lowest BCUT2D eigenvalue weighted by Gasteiger charge is -2.39. The molecule has 2 heterocycles. The Morgan fingerprint density at radius 1 is 1.31 bits per heavy atom. The average Bonchev–Trinajstić information content (AvgIpc) is 3.25. The van der Waals surface area contributed by atoms with E-state index in [0.717, 1.165) is 11.1 Å². The van der Waals surface area contributed by atoms with Gasteiger partial charge in [0.05, 0.1) is 23.8 Å². The number of hydrogen-bond donors (Lipinski definition) is 2. The topological polar surface area (TPSA) is 112 Å². The van der Waals surface area contributed by atoms with Gasteiger partial charge in [-0.2, -0.15) is 5.26 Å². The number of nitrogens with zero attached hydrogens (tertiary/aromatic N) is 2. The van der Waals surface area contributed by atoms with Gasteiger partial charge in [0.25, 0.3) is 0 Å². The van der Waals surface area contributed by atoms with Crippen LogP contribution in [0.4, 0.5) is 0 Å². The third-order valence-electron chi connectivity index (χ3n) is 5.25. The smallest absolute Gasteiger partial charge is 0.305 e. The number of carbonyl (C=O) groups excluding carboxylic acids is 2. The van der Waals surface area contributed by atoms with Crippen LogP contribution in [0.3, 0.4) is 0 Å². The molecule has 0 radical (unpaired) electrons. The van der Waals surface area contributed by atoms with Crippen molar-refractivity contribution in [3.63, 3.8) is 0 Å². The van der Waals surface area contributed by atoms with E-state index in [1.165, 1.54) is 17.3 Å². The first-order chi connectivity index (χ1) is 14.0. The van der Waals surface area contributed by atoms with Crippen molar-refractivity contribution in [2.45, 2.75) is 32.1 Å². The first-order valence-corrected chi connectivity index (χ1v) is 9.38. The van der Waals surface area contributed by atoms with Crippen molar-refractivity contribution in [2.75, 3.05) is 0 Å². The molecule has 1 aliphatic heterocycles. The second kappa shape index (κ2) is 7.32. The number of nitrogens with two attached hydrogens (primary N) is 1. The van der Waals surface area contributed by atoms with Crippen LogP contribution in [0.2, 0.25) is 0 Å². The molecule has 0 bridgehead atoms. The van der Waals surface area contributed by atoms with Crippen molar-refractivity contribution in [1.82, 2.24) is 10.4 Å². The molecule has 1 unspecified atom stereocenters. The molecule has 0 saturated carbocycles. The van der Waals surface area contributed by atoms with Crippen LogP contribution < -0.4 is 11.2 Å². The zero-order valence-corrected chi connectivity index (χ0v) is 15.9. The normalized spacial score (nSPS) is 19.1. The fourth-order valence-electron chi connectivity index (χ4n) is 3.96. The third kappa shape index (κ3) is 3.19. The van der Waals surface area contributed by atoms with Crippen molar-refractivity contribution < 1.29 is 14.0 Å². The van der Waals surface area contributed by atoms with Gasteiger partial charge in [-0.1, -0.05) is 29.8 Å². The van der Waals surface area contributed by atoms with Crippen LogP contribution in [-0.4, -0.2) is 16.7 Å². The number of benzene rings is 1. The van der Waals surface area contributed by atoms with Crippen LogP contribution in [0.5, 0.6) is 0 Å². The monoisotopic (exact) mass is 388 g/mol. The zero-order valence-electron chi connectivity index (χ0n) is 15.9. The quantitative estimate of drug-likeness (QED) is 0.836. The van der Waals surface area contributed by atoms with E-state index in [0.29, 0.717) is 30.5 Å². The Morgan fingerprint density at radius 3 is 2.83 bits per heavy atom. The first-order valence-electron chi connectivity index (χ1n) is 9.38. The third-order valence-corrected chi connectivity index (χ3v) is 5.25. The predicted molar refractivity (Wildman–Crippen MR) is 105 cm³/mol. The number of Topliss-reactive ketones (excluding diaryl/α,β-unsaturated/α-hetero) is 1. The molecule has 29 heavy (non-hydrogen) atoms. The summed E-state index contributed by atoms with van der Waals surface area (Å²) in [7, 11) is 0. The van der Waals surface area contributed by atoms with E-state index in [-0.39, 0.29) is 22.9 Å². The van der Waals surface area contributed by atoms with E-state index in [2.05, 4.69) is 11.5 Å². The lowest BCUT2D eigenvalue weighted by molar-refractivity contribution is -0.116. The maximum atomic E-state index is 12.9. The summed E-state index contributed by atoms with van der Waals surface area (Å²) in [4.78, 5) is 25.5. The summed E-state index contributed by atoms with van der Waals surface area (Å²) in [5.74, 6) is -0.849. The summed E-state index contributed by atoms with van der Waals surface area (Å²) in [6.45, 7) is 1.96. The van der Waals surface area contributed by atoms with Crippen LogP contribution in [0.15, 0.2) is 69.7 Å². The van der Waals surface area contributed by atoms with E-state index in [1.54, 1.807) is 6.07 Å². The molecular weight excluding hydrogens is 368 g/mol. The molecule has 1 aliphatic carbocycles. The Morgan fingerprint density at radius 2 is 2.14 bits per heavy atom. The van der Waals surface area contributed by atoms with Crippen LogP contribution >= 0.6 is 0 Å². The molecule has 0 saturated heterocycles. The van der Waals surface area contributed by atoms with Crippen LogP contribution in [0.25, 0.3) is 0 Å². The van der Waals surface area contributed by atoms with Crippen LogP contribution in [0, 0.1) is 18.3 Å². The summed E-state index contributed by atoms with van der Waals surface area (Å²) >= 11 is 0. The summed E-state index contributed by atoms with van der Waals surface area (Å²) in [6.07, 6.45) is 3.02. The number of ketones is 1. The molecule has 2 aromatic rings. The van der Waals surface area contributed by atoms with E-state index >= 15 is 0 Å². The number of rotatable bonds is 3. The van der Waals surface area contributed by atoms with Gasteiger partial charge in [0, 0.05) is 17.7 Å². The van der Waals surface area contributed by atoms with Crippen molar-refractivity contribution in [1.29, 1.82) is 5.26 Å². The maximum Gasteiger partial charge on any atom is 0.305 e. The highest BCUT2D eigenvalue weighted by Crippen LogP contribution is 2.44. The van der Waals surface area contributed by atoms with Gasteiger partial charge in [-0.3, -0.25) is 15.0 Å². The Labute approximate surface area is 168 Å². The van der Waals surface area contributed by atoms with Gasteiger partial charge in [0.15, 0.2) is 11.5 Å². The molecule has 7 nitrogen and oxygen atoms in total. The molecule has 1 amide bonds. The summed E-state index contributed by atoms with van der Waals surface area (Å²) < 4.78 is 5.14. The summed E-state index contributed by atoms with van der Waals surface area (Å²) in [5, 5.41) is 11.3. The summed E-state index contributed by atoms with van der Waals surface area (Å²) in [5.41, 5.74) is 12.3. The second-order valence-corrected chi connectivity index (χ2v) is 7.15. The standard InChI is InChI=1S/C22H20N4O3/c1-13-5-2-6-14(11-13)19-15(12-23)21(24)26(16-7-3-8-17(27)20(16)19)25-22(28)18-9-4-10-29-18/h2,4-6,9-11,19H,3,7-8,24H2,1H3,(H,25,28). The Balaban J connectivity index is 1.84. The van der Waals surface area contributed by atoms with Gasteiger partial charge >= 0.3 is 5.91 Å². The number of nitrogens with one attached hydrogen (secondary N) is 1. The van der Waals surface area contributed by atoms with Gasteiger partial charge in [0.2, 0.25) is 0 Å². The van der Waals surface area contributed by atoms with Gasteiger partial charge in [-0.15, -0.1) is 0 Å². The van der Waals surface area contributed by atoms with Crippen molar-refractivity contribution in [2.24, 2.45) is 5.73 Å².